The van der Waals surface area contributed by atoms with E-state index < -0.39 is 0 Å². The van der Waals surface area contributed by atoms with Gasteiger partial charge in [-0.15, -0.1) is 0 Å². The number of anilines is 2. The smallest absolute Gasteiger partial charge is 0.0461 e. The van der Waals surface area contributed by atoms with Crippen LogP contribution in [-0.4, -0.2) is 6.04 Å². The summed E-state index contributed by atoms with van der Waals surface area (Å²) in [6, 6.07) is 15.4. The Labute approximate surface area is 128 Å². The van der Waals surface area contributed by atoms with Crippen LogP contribution in [0.1, 0.15) is 24.5 Å². The minimum Gasteiger partial charge on any atom is -0.398 e. The van der Waals surface area contributed by atoms with Gasteiger partial charge >= 0.3 is 0 Å². The van der Waals surface area contributed by atoms with Crippen molar-refractivity contribution >= 4 is 27.3 Å². The first-order valence-corrected chi connectivity index (χ1v) is 7.83. The lowest BCUT2D eigenvalue weighted by atomic mass is 9.96. The lowest BCUT2D eigenvalue weighted by Crippen LogP contribution is -2.36. The second-order valence-corrected chi connectivity index (χ2v) is 6.26. The molecule has 2 aromatic rings. The van der Waals surface area contributed by atoms with Gasteiger partial charge in [0.05, 0.1) is 0 Å². The molecule has 3 rings (SSSR count). The standard InChI is InChI=1S/C17H19BrN2/c1-12-9-10-13-5-2-3-8-16(13)20(12)11-14-6-4-7-15(19)17(14)18/h2-8,12H,9-11,19H2,1H3. The zero-order chi connectivity index (χ0) is 14.1. The number of benzene rings is 2. The minimum atomic E-state index is 0.554. The molecule has 0 saturated heterocycles. The summed E-state index contributed by atoms with van der Waals surface area (Å²) >= 11 is 3.62. The summed E-state index contributed by atoms with van der Waals surface area (Å²) in [5.41, 5.74) is 10.9. The Balaban J connectivity index is 1.96. The van der Waals surface area contributed by atoms with Crippen LogP contribution in [0.25, 0.3) is 0 Å². The summed E-state index contributed by atoms with van der Waals surface area (Å²) in [4.78, 5) is 2.48. The molecule has 0 radical (unpaired) electrons. The molecule has 2 aromatic carbocycles. The Morgan fingerprint density at radius 3 is 2.85 bits per heavy atom. The van der Waals surface area contributed by atoms with E-state index in [2.05, 4.69) is 58.1 Å². The molecule has 20 heavy (non-hydrogen) atoms. The van der Waals surface area contributed by atoms with Gasteiger partial charge in [-0.05, 0) is 59.0 Å². The predicted octanol–water partition coefficient (Wildman–Crippen LogP) is 4.37. The Morgan fingerprint density at radius 1 is 1.20 bits per heavy atom. The first kappa shape index (κ1) is 13.5. The van der Waals surface area contributed by atoms with Crippen LogP contribution >= 0.6 is 15.9 Å². The topological polar surface area (TPSA) is 29.3 Å². The van der Waals surface area contributed by atoms with Crippen molar-refractivity contribution in [3.8, 4) is 0 Å². The van der Waals surface area contributed by atoms with E-state index in [4.69, 9.17) is 5.73 Å². The maximum Gasteiger partial charge on any atom is 0.0461 e. The van der Waals surface area contributed by atoms with Gasteiger partial charge in [-0.2, -0.15) is 0 Å². The van der Waals surface area contributed by atoms with Crippen LogP contribution in [0.3, 0.4) is 0 Å². The van der Waals surface area contributed by atoms with Crippen molar-refractivity contribution in [2.75, 3.05) is 10.6 Å². The van der Waals surface area contributed by atoms with E-state index in [1.54, 1.807) is 0 Å². The van der Waals surface area contributed by atoms with E-state index in [0.29, 0.717) is 6.04 Å². The molecule has 2 nitrogen and oxygen atoms in total. The lowest BCUT2D eigenvalue weighted by molar-refractivity contribution is 0.560. The van der Waals surface area contributed by atoms with Gasteiger partial charge in [0, 0.05) is 28.4 Å². The predicted molar refractivity (Wildman–Crippen MR) is 89.0 cm³/mol. The average molecular weight is 331 g/mol. The van der Waals surface area contributed by atoms with Gasteiger partial charge in [0.15, 0.2) is 0 Å². The number of nitrogens with two attached hydrogens (primary N) is 1. The molecule has 0 saturated carbocycles. The molecule has 0 fully saturated rings. The third kappa shape index (κ3) is 2.42. The van der Waals surface area contributed by atoms with Crippen molar-refractivity contribution in [1.29, 1.82) is 0 Å². The molecule has 0 aliphatic carbocycles. The monoisotopic (exact) mass is 330 g/mol. The molecule has 1 unspecified atom stereocenters. The van der Waals surface area contributed by atoms with Crippen molar-refractivity contribution in [3.05, 3.63) is 58.1 Å². The van der Waals surface area contributed by atoms with E-state index in [1.807, 2.05) is 12.1 Å². The first-order chi connectivity index (χ1) is 9.66. The van der Waals surface area contributed by atoms with Gasteiger partial charge in [-0.25, -0.2) is 0 Å². The fourth-order valence-corrected chi connectivity index (χ4v) is 3.30. The van der Waals surface area contributed by atoms with Crippen LogP contribution in [0, 0.1) is 0 Å². The molecular weight excluding hydrogens is 312 g/mol. The van der Waals surface area contributed by atoms with Gasteiger partial charge in [0.25, 0.3) is 0 Å². The van der Waals surface area contributed by atoms with Crippen molar-refractivity contribution in [1.82, 2.24) is 0 Å². The molecule has 0 amide bonds. The highest BCUT2D eigenvalue weighted by Gasteiger charge is 2.23. The fourth-order valence-electron chi connectivity index (χ4n) is 2.91. The van der Waals surface area contributed by atoms with Crippen molar-refractivity contribution in [3.63, 3.8) is 0 Å². The van der Waals surface area contributed by atoms with E-state index in [-0.39, 0.29) is 0 Å². The van der Waals surface area contributed by atoms with Gasteiger partial charge < -0.3 is 10.6 Å². The van der Waals surface area contributed by atoms with E-state index >= 15 is 0 Å². The zero-order valence-corrected chi connectivity index (χ0v) is 13.2. The molecule has 1 aliphatic heterocycles. The third-order valence-corrected chi connectivity index (χ3v) is 5.08. The molecule has 0 bridgehead atoms. The number of rotatable bonds is 2. The Kier molecular flexibility index (Phi) is 3.70. The maximum atomic E-state index is 5.99. The number of halogens is 1. The number of nitrogens with zero attached hydrogens (tertiary/aromatic N) is 1. The third-order valence-electron chi connectivity index (χ3n) is 4.11. The van der Waals surface area contributed by atoms with Crippen molar-refractivity contribution in [2.45, 2.75) is 32.4 Å². The molecule has 3 heteroatoms. The van der Waals surface area contributed by atoms with Crippen molar-refractivity contribution < 1.29 is 0 Å². The molecule has 1 atom stereocenters. The largest absolute Gasteiger partial charge is 0.398 e. The summed E-state index contributed by atoms with van der Waals surface area (Å²) < 4.78 is 1.02. The van der Waals surface area contributed by atoms with Gasteiger partial charge in [0.1, 0.15) is 0 Å². The van der Waals surface area contributed by atoms with Crippen LogP contribution in [0.5, 0.6) is 0 Å². The van der Waals surface area contributed by atoms with E-state index in [9.17, 15) is 0 Å². The molecule has 104 valence electrons. The summed E-state index contributed by atoms with van der Waals surface area (Å²) in [5, 5.41) is 0. The van der Waals surface area contributed by atoms with E-state index in [0.717, 1.165) is 16.7 Å². The molecule has 2 N–H and O–H groups in total. The van der Waals surface area contributed by atoms with Crippen LogP contribution in [0.4, 0.5) is 11.4 Å². The van der Waals surface area contributed by atoms with Crippen LogP contribution < -0.4 is 10.6 Å². The zero-order valence-electron chi connectivity index (χ0n) is 11.6. The summed E-state index contributed by atoms with van der Waals surface area (Å²) in [5.74, 6) is 0. The SMILES string of the molecule is CC1CCc2ccccc2N1Cc1cccc(N)c1Br. The number of nitrogen functional groups attached to an aromatic ring is 1. The van der Waals surface area contributed by atoms with Gasteiger partial charge in [0.2, 0.25) is 0 Å². The summed E-state index contributed by atoms with van der Waals surface area (Å²) in [7, 11) is 0. The summed E-state index contributed by atoms with van der Waals surface area (Å²) in [6.07, 6.45) is 2.38. The van der Waals surface area contributed by atoms with Crippen LogP contribution in [0.2, 0.25) is 0 Å². The Hall–Kier alpha value is -1.48. The second-order valence-electron chi connectivity index (χ2n) is 5.46. The normalized spacial score (nSPS) is 17.9. The molecule has 1 heterocycles. The highest BCUT2D eigenvalue weighted by molar-refractivity contribution is 9.10. The number of para-hydroxylation sites is 1. The minimum absolute atomic E-state index is 0.554. The number of fused-ring (bicyclic) bond motifs is 1. The Bertz CT molecular complexity index is 624. The second kappa shape index (κ2) is 5.49. The highest BCUT2D eigenvalue weighted by atomic mass is 79.9. The summed E-state index contributed by atoms with van der Waals surface area (Å²) in [6.45, 7) is 3.19. The molecular formula is C17H19BrN2. The van der Waals surface area contributed by atoms with E-state index in [1.165, 1.54) is 29.7 Å². The first-order valence-electron chi connectivity index (χ1n) is 7.04. The number of hydrogen-bond donors (Lipinski definition) is 1. The highest BCUT2D eigenvalue weighted by Crippen LogP contribution is 2.33. The maximum absolute atomic E-state index is 5.99. The molecule has 1 aliphatic rings. The fraction of sp³-hybridized carbons (Fsp3) is 0.294. The Morgan fingerprint density at radius 2 is 2.00 bits per heavy atom. The number of hydrogen-bond acceptors (Lipinski definition) is 2. The quantitative estimate of drug-likeness (QED) is 0.828. The van der Waals surface area contributed by atoms with Crippen LogP contribution in [-0.2, 0) is 13.0 Å². The molecule has 0 spiro atoms. The van der Waals surface area contributed by atoms with Gasteiger partial charge in [-0.3, -0.25) is 0 Å². The number of aryl methyl sites for hydroxylation is 1. The lowest BCUT2D eigenvalue weighted by Gasteiger charge is -2.37. The van der Waals surface area contributed by atoms with Gasteiger partial charge in [-0.1, -0.05) is 30.3 Å². The van der Waals surface area contributed by atoms with Crippen molar-refractivity contribution in [2.24, 2.45) is 0 Å². The van der Waals surface area contributed by atoms with Crippen LogP contribution in [0.15, 0.2) is 46.9 Å². The molecule has 0 aromatic heterocycles. The average Bonchev–Trinajstić information content (AvgIpc) is 2.46.